The fourth-order valence-electron chi connectivity index (χ4n) is 2.27. The first-order valence-electron chi connectivity index (χ1n) is 6.73. The molecule has 7 nitrogen and oxygen atoms in total. The van der Waals surface area contributed by atoms with E-state index < -0.39 is 0 Å². The van der Waals surface area contributed by atoms with Gasteiger partial charge in [-0.1, -0.05) is 0 Å². The number of rotatable bonds is 5. The summed E-state index contributed by atoms with van der Waals surface area (Å²) in [7, 11) is 3.57. The molecule has 2 heterocycles. The highest BCUT2D eigenvalue weighted by molar-refractivity contribution is 5.98. The Balaban J connectivity index is 1.91. The number of unbranched alkanes of at least 4 members (excludes halogenated alkanes) is 1. The number of fused-ring (bicyclic) bond motifs is 1. The quantitative estimate of drug-likeness (QED) is 0.701. The van der Waals surface area contributed by atoms with Gasteiger partial charge < -0.3 is 19.3 Å². The van der Waals surface area contributed by atoms with E-state index >= 15 is 0 Å². The van der Waals surface area contributed by atoms with Crippen molar-refractivity contribution >= 4 is 24.1 Å². The van der Waals surface area contributed by atoms with Gasteiger partial charge in [0.1, 0.15) is 11.8 Å². The average molecular weight is 280 g/mol. The first-order chi connectivity index (χ1) is 9.50. The normalized spacial score (nSPS) is 24.8. The monoisotopic (exact) mass is 280 g/mol. The standard InChI is InChI=1S/C13H20N4O3/c1-9(18)6-4-5-7-20-12-10-11(14-8-16(10)2)17(3)13(19)15-12/h8,10-11H,4-7H2,1-3H3. The molecule has 0 aliphatic carbocycles. The van der Waals surface area contributed by atoms with Crippen LogP contribution >= 0.6 is 0 Å². The lowest BCUT2D eigenvalue weighted by Gasteiger charge is -2.33. The van der Waals surface area contributed by atoms with Gasteiger partial charge in [-0.05, 0) is 19.8 Å². The molecule has 0 fully saturated rings. The van der Waals surface area contributed by atoms with Crippen molar-refractivity contribution in [3.8, 4) is 0 Å². The highest BCUT2D eigenvalue weighted by Crippen LogP contribution is 2.22. The van der Waals surface area contributed by atoms with E-state index in [-0.39, 0.29) is 24.0 Å². The molecule has 7 heteroatoms. The van der Waals surface area contributed by atoms with Crippen molar-refractivity contribution in [2.24, 2.45) is 9.98 Å². The van der Waals surface area contributed by atoms with E-state index in [0.29, 0.717) is 18.9 Å². The third kappa shape index (κ3) is 2.97. The van der Waals surface area contributed by atoms with Crippen molar-refractivity contribution in [1.82, 2.24) is 9.80 Å². The molecular weight excluding hydrogens is 260 g/mol. The molecule has 0 aromatic rings. The number of carbonyl (C=O) groups is 2. The van der Waals surface area contributed by atoms with Gasteiger partial charge >= 0.3 is 6.03 Å². The number of amides is 2. The van der Waals surface area contributed by atoms with Gasteiger partial charge in [0.2, 0.25) is 5.90 Å². The summed E-state index contributed by atoms with van der Waals surface area (Å²) < 4.78 is 5.64. The van der Waals surface area contributed by atoms with Crippen molar-refractivity contribution in [3.05, 3.63) is 0 Å². The van der Waals surface area contributed by atoms with Gasteiger partial charge in [0.25, 0.3) is 0 Å². The van der Waals surface area contributed by atoms with E-state index in [1.165, 1.54) is 4.90 Å². The lowest BCUT2D eigenvalue weighted by Crippen LogP contribution is -2.54. The van der Waals surface area contributed by atoms with Crippen molar-refractivity contribution in [1.29, 1.82) is 0 Å². The van der Waals surface area contributed by atoms with Crippen LogP contribution in [0.25, 0.3) is 0 Å². The van der Waals surface area contributed by atoms with Crippen LogP contribution in [0.3, 0.4) is 0 Å². The predicted octanol–water partition coefficient (Wildman–Crippen LogP) is 0.895. The maximum atomic E-state index is 11.8. The van der Waals surface area contributed by atoms with Crippen molar-refractivity contribution < 1.29 is 14.3 Å². The number of likely N-dealkylation sites (N-methyl/N-ethyl adjacent to an activating group) is 2. The van der Waals surface area contributed by atoms with E-state index in [1.807, 2.05) is 11.9 Å². The molecule has 2 unspecified atom stereocenters. The summed E-state index contributed by atoms with van der Waals surface area (Å²) in [4.78, 5) is 34.3. The van der Waals surface area contributed by atoms with E-state index in [9.17, 15) is 9.59 Å². The van der Waals surface area contributed by atoms with Crippen LogP contribution in [-0.4, -0.2) is 66.8 Å². The second kappa shape index (κ2) is 6.02. The fraction of sp³-hybridized carbons (Fsp3) is 0.692. The minimum atomic E-state index is -0.336. The number of Topliss-reactive ketones (excluding diaryl/α,β-unsaturated/α-hetero) is 1. The van der Waals surface area contributed by atoms with E-state index in [4.69, 9.17) is 4.74 Å². The highest BCUT2D eigenvalue weighted by Gasteiger charge is 2.42. The average Bonchev–Trinajstić information content (AvgIpc) is 2.77. The summed E-state index contributed by atoms with van der Waals surface area (Å²) in [6, 6.07) is -0.483. The Bertz CT molecular complexity index is 461. The molecule has 110 valence electrons. The molecule has 20 heavy (non-hydrogen) atoms. The van der Waals surface area contributed by atoms with Crippen LogP contribution < -0.4 is 0 Å². The van der Waals surface area contributed by atoms with Crippen molar-refractivity contribution in [2.45, 2.75) is 38.4 Å². The summed E-state index contributed by atoms with van der Waals surface area (Å²) >= 11 is 0. The number of nitrogens with zero attached hydrogens (tertiary/aromatic N) is 4. The zero-order chi connectivity index (χ0) is 14.7. The lowest BCUT2D eigenvalue weighted by atomic mass is 10.1. The molecule has 0 N–H and O–H groups in total. The molecule has 0 spiro atoms. The molecular formula is C13H20N4O3. The lowest BCUT2D eigenvalue weighted by molar-refractivity contribution is -0.117. The number of ketones is 1. The van der Waals surface area contributed by atoms with Gasteiger partial charge in [0.15, 0.2) is 6.17 Å². The van der Waals surface area contributed by atoms with Gasteiger partial charge in [-0.25, -0.2) is 9.79 Å². The molecule has 0 saturated heterocycles. The number of urea groups is 1. The summed E-state index contributed by atoms with van der Waals surface area (Å²) in [5, 5.41) is 0. The highest BCUT2D eigenvalue weighted by atomic mass is 16.5. The van der Waals surface area contributed by atoms with Gasteiger partial charge in [-0.2, -0.15) is 4.99 Å². The third-order valence-electron chi connectivity index (χ3n) is 3.45. The van der Waals surface area contributed by atoms with Gasteiger partial charge in [0, 0.05) is 20.5 Å². The third-order valence-corrected chi connectivity index (χ3v) is 3.45. The number of hydrogen-bond donors (Lipinski definition) is 0. The van der Waals surface area contributed by atoms with Crippen LogP contribution in [0.5, 0.6) is 0 Å². The first kappa shape index (κ1) is 14.5. The Kier molecular flexibility index (Phi) is 4.36. The summed E-state index contributed by atoms with van der Waals surface area (Å²) in [6.07, 6.45) is 3.55. The molecule has 0 aromatic carbocycles. The molecule has 2 aliphatic heterocycles. The number of hydrogen-bond acceptors (Lipinski definition) is 5. The Morgan fingerprint density at radius 3 is 2.85 bits per heavy atom. The number of ether oxygens (including phenoxy) is 1. The van der Waals surface area contributed by atoms with E-state index in [1.54, 1.807) is 20.3 Å². The second-order valence-electron chi connectivity index (χ2n) is 5.14. The molecule has 2 atom stereocenters. The van der Waals surface area contributed by atoms with E-state index in [0.717, 1.165) is 12.8 Å². The Labute approximate surface area is 118 Å². The maximum Gasteiger partial charge on any atom is 0.348 e. The van der Waals surface area contributed by atoms with Gasteiger partial charge in [-0.15, -0.1) is 0 Å². The van der Waals surface area contributed by atoms with Crippen molar-refractivity contribution in [2.75, 3.05) is 20.7 Å². The molecule has 0 aromatic heterocycles. The van der Waals surface area contributed by atoms with Gasteiger partial charge in [0.05, 0.1) is 12.9 Å². The smallest absolute Gasteiger partial charge is 0.348 e. The Morgan fingerprint density at radius 2 is 2.15 bits per heavy atom. The minimum Gasteiger partial charge on any atom is -0.479 e. The van der Waals surface area contributed by atoms with Crippen LogP contribution in [0.1, 0.15) is 26.2 Å². The van der Waals surface area contributed by atoms with Crippen LogP contribution in [-0.2, 0) is 9.53 Å². The van der Waals surface area contributed by atoms with Crippen LogP contribution in [0.4, 0.5) is 4.79 Å². The van der Waals surface area contributed by atoms with Crippen LogP contribution in [0.2, 0.25) is 0 Å². The van der Waals surface area contributed by atoms with Crippen LogP contribution in [0, 0.1) is 0 Å². The molecule has 0 saturated carbocycles. The SMILES string of the molecule is CC(=O)CCCCOC1=NC(=O)N(C)C2N=CN(C)C12. The predicted molar refractivity (Wildman–Crippen MR) is 74.9 cm³/mol. The Hall–Kier alpha value is -1.92. The topological polar surface area (TPSA) is 74.6 Å². The molecule has 0 radical (unpaired) electrons. The fourth-order valence-corrected chi connectivity index (χ4v) is 2.27. The molecule has 0 bridgehead atoms. The van der Waals surface area contributed by atoms with Crippen molar-refractivity contribution in [3.63, 3.8) is 0 Å². The zero-order valence-corrected chi connectivity index (χ0v) is 12.1. The zero-order valence-electron chi connectivity index (χ0n) is 12.1. The largest absolute Gasteiger partial charge is 0.479 e. The second-order valence-corrected chi connectivity index (χ2v) is 5.14. The summed E-state index contributed by atoms with van der Waals surface area (Å²) in [5.74, 6) is 0.599. The molecule has 2 aliphatic rings. The minimum absolute atomic E-state index is 0.148. The Morgan fingerprint density at radius 1 is 1.40 bits per heavy atom. The maximum absolute atomic E-state index is 11.8. The van der Waals surface area contributed by atoms with Crippen LogP contribution in [0.15, 0.2) is 9.98 Å². The summed E-state index contributed by atoms with van der Waals surface area (Å²) in [5.41, 5.74) is 0. The molecule has 2 rings (SSSR count). The first-order valence-corrected chi connectivity index (χ1v) is 6.73. The van der Waals surface area contributed by atoms with Gasteiger partial charge in [-0.3, -0.25) is 0 Å². The summed E-state index contributed by atoms with van der Waals surface area (Å²) in [6.45, 7) is 2.04. The van der Waals surface area contributed by atoms with E-state index in [2.05, 4.69) is 9.98 Å². The number of carbonyl (C=O) groups excluding carboxylic acids is 2. The number of aliphatic imine (C=N–C) groups is 2. The molecule has 2 amide bonds.